The van der Waals surface area contributed by atoms with E-state index in [2.05, 4.69) is 9.50 Å². The third-order valence-corrected chi connectivity index (χ3v) is 3.87. The average Bonchev–Trinajstić information content (AvgIpc) is 2.51. The first kappa shape index (κ1) is 16.2. The van der Waals surface area contributed by atoms with Gasteiger partial charge in [-0.05, 0) is 20.8 Å². The Morgan fingerprint density at radius 2 is 1.89 bits per heavy atom. The zero-order valence-corrected chi connectivity index (χ0v) is 12.3. The van der Waals surface area contributed by atoms with Crippen molar-refractivity contribution >= 4 is 28.8 Å². The van der Waals surface area contributed by atoms with E-state index in [0.717, 1.165) is 10.9 Å². The Balaban J connectivity index is 3.22. The lowest BCUT2D eigenvalue weighted by molar-refractivity contribution is -0.141. The Morgan fingerprint density at radius 1 is 1.37 bits per heavy atom. The molecule has 9 heteroatoms. The van der Waals surface area contributed by atoms with Crippen LogP contribution in [0, 0.1) is 0 Å². The second kappa shape index (κ2) is 5.24. The van der Waals surface area contributed by atoms with Crippen molar-refractivity contribution in [3.63, 3.8) is 0 Å². The topological polar surface area (TPSA) is 47.2 Å². The van der Waals surface area contributed by atoms with Gasteiger partial charge in [0.25, 0.3) is 0 Å². The van der Waals surface area contributed by atoms with Gasteiger partial charge < -0.3 is 0 Å². The molecule has 0 aliphatic carbocycles. The number of alkyl halides is 3. The van der Waals surface area contributed by atoms with Crippen LogP contribution in [0.3, 0.4) is 0 Å². The molecule has 19 heavy (non-hydrogen) atoms. The molecule has 1 aromatic heterocycles. The first-order chi connectivity index (χ1) is 8.44. The van der Waals surface area contributed by atoms with Crippen molar-refractivity contribution in [1.29, 1.82) is 0 Å². The van der Waals surface area contributed by atoms with E-state index in [1.165, 1.54) is 7.05 Å². The van der Waals surface area contributed by atoms with Gasteiger partial charge in [0.15, 0.2) is 5.69 Å². The summed E-state index contributed by atoms with van der Waals surface area (Å²) in [7, 11) is -0.378. The monoisotopic (exact) mass is 315 g/mol. The maximum absolute atomic E-state index is 12.7. The third-order valence-electron chi connectivity index (χ3n) is 2.08. The molecule has 1 atom stereocenters. The van der Waals surface area contributed by atoms with Crippen LogP contribution in [-0.2, 0) is 24.2 Å². The fraction of sp³-hybridized carbons (Fsp3) is 0.600. The number of hydrogen-bond acceptors (Lipinski definition) is 2. The van der Waals surface area contributed by atoms with E-state index in [1.807, 2.05) is 0 Å². The summed E-state index contributed by atoms with van der Waals surface area (Å²) in [6, 6.07) is 0. The maximum Gasteiger partial charge on any atom is 0.435 e. The Bertz CT molecular complexity index is 531. The predicted octanol–water partition coefficient (Wildman–Crippen LogP) is 2.97. The first-order valence-corrected chi connectivity index (χ1v) is 6.69. The second-order valence-corrected chi connectivity index (χ2v) is 7.06. The van der Waals surface area contributed by atoms with Crippen molar-refractivity contribution in [1.82, 2.24) is 9.78 Å². The minimum absolute atomic E-state index is 0.206. The quantitative estimate of drug-likeness (QED) is 0.788. The molecular formula is C10H13ClF3N3OS. The third kappa shape index (κ3) is 3.79. The van der Waals surface area contributed by atoms with Crippen molar-refractivity contribution in [2.24, 2.45) is 11.4 Å². The first-order valence-electron chi connectivity index (χ1n) is 5.20. The van der Waals surface area contributed by atoms with Crippen LogP contribution < -0.4 is 0 Å². The van der Waals surface area contributed by atoms with Crippen LogP contribution in [0.1, 0.15) is 32.0 Å². The summed E-state index contributed by atoms with van der Waals surface area (Å²) < 4.78 is 53.7. The lowest BCUT2D eigenvalue weighted by atomic mass is 10.2. The van der Waals surface area contributed by atoms with Gasteiger partial charge in [-0.15, -0.1) is 0 Å². The largest absolute Gasteiger partial charge is 0.435 e. The van der Waals surface area contributed by atoms with Crippen LogP contribution in [0.25, 0.3) is 0 Å². The molecule has 1 unspecified atom stereocenters. The second-order valence-electron chi connectivity index (χ2n) is 4.77. The van der Waals surface area contributed by atoms with Crippen LogP contribution in [0.2, 0.25) is 5.15 Å². The van der Waals surface area contributed by atoms with Gasteiger partial charge in [-0.3, -0.25) is 4.68 Å². The summed E-state index contributed by atoms with van der Waals surface area (Å²) in [6.07, 6.45) is -3.78. The number of nitrogens with zero attached hydrogens (tertiary/aromatic N) is 3. The highest BCUT2D eigenvalue weighted by molar-refractivity contribution is 7.85. The van der Waals surface area contributed by atoms with Crippen LogP contribution in [0.15, 0.2) is 4.40 Å². The van der Waals surface area contributed by atoms with Crippen LogP contribution in [0.4, 0.5) is 13.2 Å². The van der Waals surface area contributed by atoms with Crippen LogP contribution >= 0.6 is 11.6 Å². The van der Waals surface area contributed by atoms with Crippen molar-refractivity contribution in [3.05, 3.63) is 16.4 Å². The molecule has 1 rings (SSSR count). The summed E-state index contributed by atoms with van der Waals surface area (Å²) >= 11 is 5.73. The SMILES string of the molecule is Cn1nc(C(F)(F)F)c(C=NS(=O)C(C)(C)C)c1Cl. The minimum atomic E-state index is -4.64. The van der Waals surface area contributed by atoms with E-state index in [1.54, 1.807) is 20.8 Å². The molecule has 0 aliphatic rings. The van der Waals surface area contributed by atoms with E-state index in [-0.39, 0.29) is 10.7 Å². The normalized spacial score (nSPS) is 15.2. The highest BCUT2D eigenvalue weighted by atomic mass is 35.5. The van der Waals surface area contributed by atoms with E-state index in [0.29, 0.717) is 0 Å². The zero-order chi connectivity index (χ0) is 15.0. The van der Waals surface area contributed by atoms with Gasteiger partial charge >= 0.3 is 6.18 Å². The smallest absolute Gasteiger partial charge is 0.256 e. The summed E-state index contributed by atoms with van der Waals surface area (Å²) in [5.41, 5.74) is -1.52. The van der Waals surface area contributed by atoms with Gasteiger partial charge in [0.2, 0.25) is 0 Å². The highest BCUT2D eigenvalue weighted by Gasteiger charge is 2.38. The molecule has 0 bridgehead atoms. The van der Waals surface area contributed by atoms with Gasteiger partial charge in [-0.1, -0.05) is 11.6 Å². The fourth-order valence-corrected chi connectivity index (χ4v) is 1.80. The Hall–Kier alpha value is -0.890. The lowest BCUT2D eigenvalue weighted by Gasteiger charge is -2.12. The number of halogens is 4. The molecule has 0 radical (unpaired) electrons. The van der Waals surface area contributed by atoms with Gasteiger partial charge in [0.1, 0.15) is 16.1 Å². The van der Waals surface area contributed by atoms with Crippen molar-refractivity contribution in [2.75, 3.05) is 0 Å². The van der Waals surface area contributed by atoms with Crippen LogP contribution in [0.5, 0.6) is 0 Å². The lowest BCUT2D eigenvalue weighted by Crippen LogP contribution is -2.19. The number of aryl methyl sites for hydroxylation is 1. The molecule has 0 fully saturated rings. The van der Waals surface area contributed by atoms with Gasteiger partial charge in [-0.25, -0.2) is 4.21 Å². The zero-order valence-electron chi connectivity index (χ0n) is 10.7. The molecule has 0 N–H and O–H groups in total. The standard InChI is InChI=1S/C10H13ClF3N3OS/c1-9(2,3)19(18)15-5-6-7(10(12,13)14)16-17(4)8(6)11/h5H,1-4H3. The molecule has 0 saturated carbocycles. The van der Waals surface area contributed by atoms with Gasteiger partial charge in [-0.2, -0.15) is 22.7 Å². The summed E-state index contributed by atoms with van der Waals surface area (Å²) in [5, 5.41) is 3.08. The summed E-state index contributed by atoms with van der Waals surface area (Å²) in [5.74, 6) is 0. The molecule has 1 aromatic rings. The molecule has 108 valence electrons. The molecule has 0 saturated heterocycles. The molecular weight excluding hydrogens is 303 g/mol. The summed E-state index contributed by atoms with van der Waals surface area (Å²) in [6.45, 7) is 4.99. The molecule has 0 aromatic carbocycles. The van der Waals surface area contributed by atoms with E-state index in [9.17, 15) is 17.4 Å². The number of hydrogen-bond donors (Lipinski definition) is 0. The van der Waals surface area contributed by atoms with Crippen molar-refractivity contribution in [3.8, 4) is 0 Å². The van der Waals surface area contributed by atoms with Gasteiger partial charge in [0.05, 0.1) is 16.5 Å². The maximum atomic E-state index is 12.7. The van der Waals surface area contributed by atoms with Crippen LogP contribution in [-0.4, -0.2) is 25.0 Å². The van der Waals surface area contributed by atoms with Crippen molar-refractivity contribution in [2.45, 2.75) is 31.7 Å². The Kier molecular flexibility index (Phi) is 4.46. The predicted molar refractivity (Wildman–Crippen MR) is 68.7 cm³/mol. The molecule has 0 aliphatic heterocycles. The average molecular weight is 316 g/mol. The number of rotatable bonds is 2. The molecule has 1 heterocycles. The minimum Gasteiger partial charge on any atom is -0.256 e. The molecule has 4 nitrogen and oxygen atoms in total. The van der Waals surface area contributed by atoms with E-state index in [4.69, 9.17) is 11.6 Å². The summed E-state index contributed by atoms with van der Waals surface area (Å²) in [4.78, 5) is 0. The highest BCUT2D eigenvalue weighted by Crippen LogP contribution is 2.33. The van der Waals surface area contributed by atoms with Gasteiger partial charge in [0, 0.05) is 7.05 Å². The Labute approximate surface area is 116 Å². The Morgan fingerprint density at radius 3 is 2.32 bits per heavy atom. The fourth-order valence-electron chi connectivity index (χ4n) is 1.10. The molecule has 0 spiro atoms. The van der Waals surface area contributed by atoms with E-state index < -0.39 is 27.6 Å². The van der Waals surface area contributed by atoms with E-state index >= 15 is 0 Å². The van der Waals surface area contributed by atoms with Crippen molar-refractivity contribution < 1.29 is 17.4 Å². The number of aromatic nitrogens is 2. The molecule has 0 amide bonds.